The highest BCUT2D eigenvalue weighted by molar-refractivity contribution is 5.45. The van der Waals surface area contributed by atoms with Crippen molar-refractivity contribution in [2.45, 2.75) is 25.4 Å². The molecule has 3 rings (SSSR count). The molecular formula is C9H10O. The Morgan fingerprint density at radius 2 is 2.70 bits per heavy atom. The van der Waals surface area contributed by atoms with Gasteiger partial charge in [0.05, 0.1) is 0 Å². The van der Waals surface area contributed by atoms with Crippen molar-refractivity contribution in [2.24, 2.45) is 5.92 Å². The van der Waals surface area contributed by atoms with Crippen LogP contribution in [0.15, 0.2) is 23.5 Å². The second kappa shape index (κ2) is 1.18. The number of hydrogen-bond acceptors (Lipinski definition) is 1. The fourth-order valence-corrected chi connectivity index (χ4v) is 2.32. The average Bonchev–Trinajstić information content (AvgIpc) is 2.34. The highest BCUT2D eigenvalue weighted by Gasteiger charge is 2.63. The Hall–Kier alpha value is -0.720. The van der Waals surface area contributed by atoms with Crippen LogP contribution in [-0.2, 0) is 4.74 Å². The van der Waals surface area contributed by atoms with Crippen LogP contribution in [0.2, 0.25) is 0 Å². The molecule has 0 aromatic carbocycles. The van der Waals surface area contributed by atoms with E-state index in [-0.39, 0.29) is 5.60 Å². The van der Waals surface area contributed by atoms with Gasteiger partial charge in [0, 0.05) is 18.8 Å². The predicted molar refractivity (Wildman–Crippen MR) is 38.4 cm³/mol. The zero-order chi connectivity index (χ0) is 6.77. The number of fused-ring (bicyclic) bond motifs is 1. The number of rotatable bonds is 0. The smallest absolute Gasteiger partial charge is 0.169 e. The van der Waals surface area contributed by atoms with Crippen molar-refractivity contribution >= 4 is 0 Å². The van der Waals surface area contributed by atoms with Gasteiger partial charge in [-0.25, -0.2) is 0 Å². The maximum Gasteiger partial charge on any atom is 0.169 e. The van der Waals surface area contributed by atoms with E-state index in [2.05, 4.69) is 19.1 Å². The van der Waals surface area contributed by atoms with Crippen LogP contribution >= 0.6 is 0 Å². The molecule has 1 spiro atoms. The third-order valence-corrected chi connectivity index (χ3v) is 2.95. The van der Waals surface area contributed by atoms with Crippen LogP contribution in [0.1, 0.15) is 19.8 Å². The quantitative estimate of drug-likeness (QED) is 0.364. The summed E-state index contributed by atoms with van der Waals surface area (Å²) in [7, 11) is 0. The highest BCUT2D eigenvalue weighted by Crippen LogP contribution is 2.63. The summed E-state index contributed by atoms with van der Waals surface area (Å²) in [5, 5.41) is 0. The Labute approximate surface area is 60.4 Å². The Kier molecular flexibility index (Phi) is 0.590. The average molecular weight is 134 g/mol. The van der Waals surface area contributed by atoms with Gasteiger partial charge in [-0.05, 0) is 13.0 Å². The summed E-state index contributed by atoms with van der Waals surface area (Å²) in [4.78, 5) is 0. The molecule has 1 nitrogen and oxygen atoms in total. The van der Waals surface area contributed by atoms with E-state index in [1.807, 2.05) is 0 Å². The molecule has 0 amide bonds. The van der Waals surface area contributed by atoms with Crippen molar-refractivity contribution in [1.82, 2.24) is 0 Å². The minimum Gasteiger partial charge on any atom is -0.479 e. The number of hydrogen-bond donors (Lipinski definition) is 0. The molecule has 2 bridgehead atoms. The molecule has 1 heteroatoms. The molecule has 52 valence electrons. The SMILES string of the molecule is CC=C1CC23CC1C=C2O3. The second-order valence-electron chi connectivity index (χ2n) is 3.48. The lowest BCUT2D eigenvalue weighted by Gasteiger charge is -2.01. The van der Waals surface area contributed by atoms with Crippen molar-refractivity contribution in [3.63, 3.8) is 0 Å². The van der Waals surface area contributed by atoms with E-state index < -0.39 is 0 Å². The van der Waals surface area contributed by atoms with Gasteiger partial charge in [0.2, 0.25) is 0 Å². The summed E-state index contributed by atoms with van der Waals surface area (Å²) in [6.07, 6.45) is 6.95. The van der Waals surface area contributed by atoms with E-state index in [0.717, 1.165) is 5.92 Å². The molecule has 2 atom stereocenters. The van der Waals surface area contributed by atoms with Crippen LogP contribution in [0.3, 0.4) is 0 Å². The molecule has 1 heterocycles. The molecule has 0 aromatic heterocycles. The lowest BCUT2D eigenvalue weighted by atomic mass is 10.0. The van der Waals surface area contributed by atoms with Crippen molar-refractivity contribution in [3.05, 3.63) is 23.5 Å². The maximum atomic E-state index is 5.48. The van der Waals surface area contributed by atoms with Gasteiger partial charge >= 0.3 is 0 Å². The Balaban J connectivity index is 2.11. The topological polar surface area (TPSA) is 12.5 Å². The molecule has 2 unspecified atom stereocenters. The predicted octanol–water partition coefficient (Wildman–Crippen LogP) is 2.01. The zero-order valence-corrected chi connectivity index (χ0v) is 6.05. The zero-order valence-electron chi connectivity index (χ0n) is 6.05. The molecular weight excluding hydrogens is 124 g/mol. The fraction of sp³-hybridized carbons (Fsp3) is 0.556. The first-order valence-electron chi connectivity index (χ1n) is 3.90. The standard InChI is InChI=1S/C9H10O/c1-2-6-4-9-5-7(6)3-8(9)10-9/h2-3,7H,4-5H2,1H3. The monoisotopic (exact) mass is 134 g/mol. The molecule has 1 saturated heterocycles. The molecule has 0 N–H and O–H groups in total. The van der Waals surface area contributed by atoms with Crippen molar-refractivity contribution in [2.75, 3.05) is 0 Å². The van der Waals surface area contributed by atoms with E-state index in [1.165, 1.54) is 18.6 Å². The number of allylic oxidation sites excluding steroid dienone is 2. The highest BCUT2D eigenvalue weighted by atomic mass is 16.6. The lowest BCUT2D eigenvalue weighted by Crippen LogP contribution is -1.99. The minimum absolute atomic E-state index is 0.243. The molecule has 0 radical (unpaired) electrons. The third kappa shape index (κ3) is 0.359. The van der Waals surface area contributed by atoms with Crippen LogP contribution in [0, 0.1) is 5.92 Å². The van der Waals surface area contributed by atoms with E-state index >= 15 is 0 Å². The van der Waals surface area contributed by atoms with E-state index in [1.54, 1.807) is 5.57 Å². The van der Waals surface area contributed by atoms with Crippen molar-refractivity contribution in [3.8, 4) is 0 Å². The van der Waals surface area contributed by atoms with E-state index in [0.29, 0.717) is 0 Å². The minimum atomic E-state index is 0.243. The Morgan fingerprint density at radius 1 is 1.80 bits per heavy atom. The largest absolute Gasteiger partial charge is 0.479 e. The van der Waals surface area contributed by atoms with Gasteiger partial charge in [0.25, 0.3) is 0 Å². The first-order valence-corrected chi connectivity index (χ1v) is 3.90. The molecule has 1 saturated carbocycles. The third-order valence-electron chi connectivity index (χ3n) is 2.95. The Morgan fingerprint density at radius 3 is 3.20 bits per heavy atom. The molecule has 10 heavy (non-hydrogen) atoms. The molecule has 3 aliphatic rings. The van der Waals surface area contributed by atoms with Gasteiger partial charge in [0.1, 0.15) is 5.76 Å². The molecule has 2 fully saturated rings. The van der Waals surface area contributed by atoms with E-state index in [4.69, 9.17) is 4.74 Å². The van der Waals surface area contributed by atoms with Gasteiger partial charge in [0.15, 0.2) is 5.60 Å². The molecule has 0 aromatic rings. The molecule has 1 aliphatic heterocycles. The van der Waals surface area contributed by atoms with Gasteiger partial charge < -0.3 is 4.74 Å². The summed E-state index contributed by atoms with van der Waals surface area (Å²) in [6, 6.07) is 0. The van der Waals surface area contributed by atoms with Crippen LogP contribution in [0.4, 0.5) is 0 Å². The summed E-state index contributed by atoms with van der Waals surface area (Å²) < 4.78 is 5.48. The summed E-state index contributed by atoms with van der Waals surface area (Å²) in [5.74, 6) is 2.02. The lowest BCUT2D eigenvalue weighted by molar-refractivity contribution is 0.307. The maximum absolute atomic E-state index is 5.48. The van der Waals surface area contributed by atoms with Crippen LogP contribution in [0.25, 0.3) is 0 Å². The summed E-state index contributed by atoms with van der Waals surface area (Å²) in [5.41, 5.74) is 1.83. The first-order chi connectivity index (χ1) is 4.84. The fourth-order valence-electron chi connectivity index (χ4n) is 2.32. The van der Waals surface area contributed by atoms with Crippen LogP contribution < -0.4 is 0 Å². The van der Waals surface area contributed by atoms with Crippen molar-refractivity contribution < 1.29 is 4.74 Å². The number of epoxide rings is 1. The normalized spacial score (nSPS) is 50.7. The Bertz CT molecular complexity index is 262. The summed E-state index contributed by atoms with van der Waals surface area (Å²) >= 11 is 0. The first kappa shape index (κ1) is 5.00. The van der Waals surface area contributed by atoms with Gasteiger partial charge in [-0.1, -0.05) is 11.6 Å². The molecule has 2 aliphatic carbocycles. The summed E-state index contributed by atoms with van der Waals surface area (Å²) in [6.45, 7) is 2.13. The number of ether oxygens (including phenoxy) is 1. The van der Waals surface area contributed by atoms with Gasteiger partial charge in [-0.15, -0.1) is 0 Å². The van der Waals surface area contributed by atoms with Gasteiger partial charge in [-0.2, -0.15) is 0 Å². The van der Waals surface area contributed by atoms with Gasteiger partial charge in [-0.3, -0.25) is 0 Å². The van der Waals surface area contributed by atoms with Crippen LogP contribution in [0.5, 0.6) is 0 Å². The van der Waals surface area contributed by atoms with Crippen LogP contribution in [-0.4, -0.2) is 5.60 Å². The van der Waals surface area contributed by atoms with E-state index in [9.17, 15) is 0 Å². The second-order valence-corrected chi connectivity index (χ2v) is 3.48. The van der Waals surface area contributed by atoms with Crippen molar-refractivity contribution in [1.29, 1.82) is 0 Å².